The number of rotatable bonds is 4. The van der Waals surface area contributed by atoms with E-state index in [9.17, 15) is 0 Å². The lowest BCUT2D eigenvalue weighted by molar-refractivity contribution is 0.0649. The van der Waals surface area contributed by atoms with Crippen LogP contribution in [0.15, 0.2) is 0 Å². The minimum atomic E-state index is 0.569. The van der Waals surface area contributed by atoms with Crippen LogP contribution in [-0.4, -0.2) is 54.6 Å². The largest absolute Gasteiger partial charge is 0.329 e. The Kier molecular flexibility index (Phi) is 5.03. The maximum atomic E-state index is 5.84. The van der Waals surface area contributed by atoms with Gasteiger partial charge in [-0.05, 0) is 19.8 Å². The van der Waals surface area contributed by atoms with Gasteiger partial charge in [-0.15, -0.1) is 0 Å². The third-order valence-corrected chi connectivity index (χ3v) is 3.56. The monoisotopic (exact) mass is 213 g/mol. The van der Waals surface area contributed by atoms with Gasteiger partial charge in [-0.25, -0.2) is 0 Å². The second kappa shape index (κ2) is 5.83. The Morgan fingerprint density at radius 1 is 0.933 bits per heavy atom. The van der Waals surface area contributed by atoms with Crippen LogP contribution >= 0.6 is 0 Å². The fourth-order valence-corrected chi connectivity index (χ4v) is 2.43. The van der Waals surface area contributed by atoms with Crippen molar-refractivity contribution >= 4 is 0 Å². The standard InChI is InChI=1S/C12H27N3/c1-10(2)12(9-13)15-7-5-14(6-8-15)11(3)4/h10-12H,5-9,13H2,1-4H3. The molecule has 0 aromatic heterocycles. The van der Waals surface area contributed by atoms with E-state index in [1.807, 2.05) is 0 Å². The van der Waals surface area contributed by atoms with Crippen molar-refractivity contribution in [2.24, 2.45) is 11.7 Å². The molecule has 1 saturated heterocycles. The molecule has 0 amide bonds. The number of nitrogens with two attached hydrogens (primary N) is 1. The summed E-state index contributed by atoms with van der Waals surface area (Å²) in [6.07, 6.45) is 0. The lowest BCUT2D eigenvalue weighted by Gasteiger charge is -2.41. The summed E-state index contributed by atoms with van der Waals surface area (Å²) in [5.74, 6) is 0.667. The molecule has 1 heterocycles. The highest BCUT2D eigenvalue weighted by Gasteiger charge is 2.25. The molecule has 0 aromatic carbocycles. The van der Waals surface area contributed by atoms with E-state index in [0.717, 1.165) is 6.54 Å². The highest BCUT2D eigenvalue weighted by atomic mass is 15.3. The fraction of sp³-hybridized carbons (Fsp3) is 1.00. The minimum absolute atomic E-state index is 0.569. The second-order valence-corrected chi connectivity index (χ2v) is 5.21. The minimum Gasteiger partial charge on any atom is -0.329 e. The van der Waals surface area contributed by atoms with E-state index in [4.69, 9.17) is 5.73 Å². The zero-order valence-electron chi connectivity index (χ0n) is 10.7. The van der Waals surface area contributed by atoms with E-state index in [2.05, 4.69) is 37.5 Å². The van der Waals surface area contributed by atoms with Gasteiger partial charge in [0.05, 0.1) is 0 Å². The third-order valence-electron chi connectivity index (χ3n) is 3.56. The second-order valence-electron chi connectivity index (χ2n) is 5.21. The van der Waals surface area contributed by atoms with Crippen molar-refractivity contribution in [2.75, 3.05) is 32.7 Å². The van der Waals surface area contributed by atoms with Crippen molar-refractivity contribution in [2.45, 2.75) is 39.8 Å². The molecule has 2 N–H and O–H groups in total. The van der Waals surface area contributed by atoms with Crippen LogP contribution in [-0.2, 0) is 0 Å². The van der Waals surface area contributed by atoms with Crippen LogP contribution in [0.1, 0.15) is 27.7 Å². The van der Waals surface area contributed by atoms with E-state index in [-0.39, 0.29) is 0 Å². The van der Waals surface area contributed by atoms with Crippen LogP contribution in [0.2, 0.25) is 0 Å². The quantitative estimate of drug-likeness (QED) is 0.756. The Morgan fingerprint density at radius 3 is 1.73 bits per heavy atom. The molecule has 0 aromatic rings. The molecule has 1 atom stereocenters. The first kappa shape index (κ1) is 12.9. The summed E-state index contributed by atoms with van der Waals surface area (Å²) < 4.78 is 0. The summed E-state index contributed by atoms with van der Waals surface area (Å²) in [6.45, 7) is 14.6. The van der Waals surface area contributed by atoms with Crippen molar-refractivity contribution in [1.82, 2.24) is 9.80 Å². The predicted octanol–water partition coefficient (Wildman–Crippen LogP) is 0.996. The average Bonchev–Trinajstić information content (AvgIpc) is 2.19. The molecule has 0 spiro atoms. The molecule has 0 aliphatic carbocycles. The normalized spacial score (nSPS) is 22.6. The summed E-state index contributed by atoms with van der Waals surface area (Å²) >= 11 is 0. The van der Waals surface area contributed by atoms with Gasteiger partial charge in [-0.1, -0.05) is 13.8 Å². The highest BCUT2D eigenvalue weighted by molar-refractivity contribution is 4.82. The zero-order chi connectivity index (χ0) is 11.4. The molecule has 1 aliphatic rings. The van der Waals surface area contributed by atoms with Gasteiger partial charge in [0, 0.05) is 44.8 Å². The number of hydrogen-bond acceptors (Lipinski definition) is 3. The molecule has 0 saturated carbocycles. The smallest absolute Gasteiger partial charge is 0.0242 e. The van der Waals surface area contributed by atoms with E-state index in [1.54, 1.807) is 0 Å². The molecular formula is C12H27N3. The Hall–Kier alpha value is -0.120. The number of piperazine rings is 1. The number of nitrogens with zero attached hydrogens (tertiary/aromatic N) is 2. The summed E-state index contributed by atoms with van der Waals surface area (Å²) in [4.78, 5) is 5.11. The van der Waals surface area contributed by atoms with Crippen LogP contribution in [0, 0.1) is 5.92 Å². The first-order valence-corrected chi connectivity index (χ1v) is 6.24. The van der Waals surface area contributed by atoms with Crippen molar-refractivity contribution < 1.29 is 0 Å². The molecule has 1 aliphatic heterocycles. The fourth-order valence-electron chi connectivity index (χ4n) is 2.43. The first-order valence-electron chi connectivity index (χ1n) is 6.24. The number of hydrogen-bond donors (Lipinski definition) is 1. The lowest BCUT2D eigenvalue weighted by atomic mass is 10.0. The van der Waals surface area contributed by atoms with E-state index >= 15 is 0 Å². The van der Waals surface area contributed by atoms with Crippen LogP contribution in [0.3, 0.4) is 0 Å². The van der Waals surface area contributed by atoms with E-state index in [0.29, 0.717) is 18.0 Å². The average molecular weight is 213 g/mol. The molecule has 90 valence electrons. The molecule has 1 unspecified atom stereocenters. The van der Waals surface area contributed by atoms with Gasteiger partial charge >= 0.3 is 0 Å². The molecule has 3 heteroatoms. The highest BCUT2D eigenvalue weighted by Crippen LogP contribution is 2.13. The maximum absolute atomic E-state index is 5.84. The SMILES string of the molecule is CC(C)C(CN)N1CCN(C(C)C)CC1. The van der Waals surface area contributed by atoms with Gasteiger partial charge in [-0.2, -0.15) is 0 Å². The topological polar surface area (TPSA) is 32.5 Å². The molecule has 1 fully saturated rings. The van der Waals surface area contributed by atoms with Crippen molar-refractivity contribution in [1.29, 1.82) is 0 Å². The first-order chi connectivity index (χ1) is 7.06. The molecule has 0 bridgehead atoms. The van der Waals surface area contributed by atoms with Crippen LogP contribution in [0.5, 0.6) is 0 Å². The van der Waals surface area contributed by atoms with Crippen molar-refractivity contribution in [3.05, 3.63) is 0 Å². The van der Waals surface area contributed by atoms with Crippen LogP contribution in [0.4, 0.5) is 0 Å². The van der Waals surface area contributed by atoms with Gasteiger partial charge < -0.3 is 5.73 Å². The Morgan fingerprint density at radius 2 is 1.40 bits per heavy atom. The summed E-state index contributed by atoms with van der Waals surface area (Å²) in [7, 11) is 0. The van der Waals surface area contributed by atoms with Gasteiger partial charge in [0.15, 0.2) is 0 Å². The van der Waals surface area contributed by atoms with Crippen LogP contribution in [0.25, 0.3) is 0 Å². The third kappa shape index (κ3) is 3.44. The van der Waals surface area contributed by atoms with Gasteiger partial charge in [0.2, 0.25) is 0 Å². The maximum Gasteiger partial charge on any atom is 0.0242 e. The lowest BCUT2D eigenvalue weighted by Crippen LogP contribution is -2.55. The Bertz CT molecular complexity index is 172. The Labute approximate surface area is 94.6 Å². The Balaban J connectivity index is 2.42. The molecule has 1 rings (SSSR count). The molecule has 15 heavy (non-hydrogen) atoms. The van der Waals surface area contributed by atoms with Crippen molar-refractivity contribution in [3.63, 3.8) is 0 Å². The van der Waals surface area contributed by atoms with Gasteiger partial charge in [-0.3, -0.25) is 9.80 Å². The molecule has 3 nitrogen and oxygen atoms in total. The van der Waals surface area contributed by atoms with E-state index < -0.39 is 0 Å². The molecular weight excluding hydrogens is 186 g/mol. The molecule has 0 radical (unpaired) electrons. The zero-order valence-corrected chi connectivity index (χ0v) is 10.7. The van der Waals surface area contributed by atoms with Crippen LogP contribution < -0.4 is 5.73 Å². The summed E-state index contributed by atoms with van der Waals surface area (Å²) in [5.41, 5.74) is 5.84. The van der Waals surface area contributed by atoms with Gasteiger partial charge in [0.1, 0.15) is 0 Å². The summed E-state index contributed by atoms with van der Waals surface area (Å²) in [6, 6.07) is 1.25. The van der Waals surface area contributed by atoms with Gasteiger partial charge in [0.25, 0.3) is 0 Å². The summed E-state index contributed by atoms with van der Waals surface area (Å²) in [5, 5.41) is 0. The predicted molar refractivity (Wildman–Crippen MR) is 66.0 cm³/mol. The van der Waals surface area contributed by atoms with E-state index in [1.165, 1.54) is 26.2 Å². The van der Waals surface area contributed by atoms with Crippen molar-refractivity contribution in [3.8, 4) is 0 Å².